The second-order valence-corrected chi connectivity index (χ2v) is 6.03. The fourth-order valence-electron chi connectivity index (χ4n) is 2.17. The number of fused-ring (bicyclic) bond motifs is 1. The summed E-state index contributed by atoms with van der Waals surface area (Å²) in [5.41, 5.74) is 2.63. The van der Waals surface area contributed by atoms with E-state index in [4.69, 9.17) is 5.11 Å². The molecule has 106 valence electrons. The summed E-state index contributed by atoms with van der Waals surface area (Å²) in [7, 11) is 0. The van der Waals surface area contributed by atoms with E-state index >= 15 is 0 Å². The van der Waals surface area contributed by atoms with E-state index in [0.29, 0.717) is 5.56 Å². The van der Waals surface area contributed by atoms with Crippen LogP contribution in [0.2, 0.25) is 0 Å². The Morgan fingerprint density at radius 1 is 1.20 bits per heavy atom. The van der Waals surface area contributed by atoms with E-state index in [2.05, 4.69) is 25.8 Å². The lowest BCUT2D eigenvalue weighted by Gasteiger charge is -2.19. The Bertz CT molecular complexity index is 662. The third-order valence-corrected chi connectivity index (χ3v) is 3.41. The minimum Gasteiger partial charge on any atom is -0.481 e. The summed E-state index contributed by atoms with van der Waals surface area (Å²) in [5.74, 6) is -1.08. The molecule has 0 spiro atoms. The van der Waals surface area contributed by atoms with E-state index in [9.17, 15) is 9.59 Å². The van der Waals surface area contributed by atoms with Crippen molar-refractivity contribution in [2.45, 2.75) is 39.0 Å². The molecule has 4 heteroatoms. The molecule has 2 N–H and O–H groups in total. The van der Waals surface area contributed by atoms with Gasteiger partial charge in [-0.15, -0.1) is 0 Å². The van der Waals surface area contributed by atoms with E-state index in [1.807, 2.05) is 18.2 Å². The fraction of sp³-hybridized carbons (Fsp3) is 0.375. The number of ketones is 1. The van der Waals surface area contributed by atoms with Crippen LogP contribution in [0.25, 0.3) is 10.9 Å². The first-order valence-electron chi connectivity index (χ1n) is 6.65. The zero-order valence-electron chi connectivity index (χ0n) is 12.0. The van der Waals surface area contributed by atoms with Crippen LogP contribution in [0.3, 0.4) is 0 Å². The molecule has 4 nitrogen and oxygen atoms in total. The van der Waals surface area contributed by atoms with E-state index in [0.717, 1.165) is 16.5 Å². The van der Waals surface area contributed by atoms with Gasteiger partial charge in [0.1, 0.15) is 0 Å². The average molecular weight is 273 g/mol. The molecule has 1 aromatic heterocycles. The number of aliphatic carboxylic acids is 1. The predicted octanol–water partition coefficient (Wildman–Crippen LogP) is 3.51. The van der Waals surface area contributed by atoms with Crippen molar-refractivity contribution in [3.05, 3.63) is 35.5 Å². The largest absolute Gasteiger partial charge is 0.481 e. The summed E-state index contributed by atoms with van der Waals surface area (Å²) in [5, 5.41) is 9.53. The molecule has 0 radical (unpaired) electrons. The molecule has 2 rings (SSSR count). The van der Waals surface area contributed by atoms with Gasteiger partial charge < -0.3 is 10.1 Å². The maximum atomic E-state index is 12.1. The molecule has 0 amide bonds. The zero-order valence-corrected chi connectivity index (χ0v) is 12.0. The predicted molar refractivity (Wildman–Crippen MR) is 78.2 cm³/mol. The zero-order chi connectivity index (χ0) is 14.9. The van der Waals surface area contributed by atoms with Crippen molar-refractivity contribution >= 4 is 22.7 Å². The van der Waals surface area contributed by atoms with Crippen molar-refractivity contribution in [2.75, 3.05) is 0 Å². The van der Waals surface area contributed by atoms with Crippen LogP contribution in [-0.4, -0.2) is 21.8 Å². The lowest BCUT2D eigenvalue weighted by molar-refractivity contribution is -0.136. The number of rotatable bonds is 4. The van der Waals surface area contributed by atoms with Crippen LogP contribution in [0.15, 0.2) is 24.4 Å². The summed E-state index contributed by atoms with van der Waals surface area (Å²) in [6.07, 6.45) is 1.56. The third kappa shape index (κ3) is 2.90. The molecule has 0 atom stereocenters. The molecule has 0 aliphatic carbocycles. The van der Waals surface area contributed by atoms with Crippen molar-refractivity contribution < 1.29 is 14.7 Å². The van der Waals surface area contributed by atoms with Gasteiger partial charge in [0, 0.05) is 29.1 Å². The molecule has 0 unspecified atom stereocenters. The summed E-state index contributed by atoms with van der Waals surface area (Å²) in [4.78, 5) is 25.7. The number of carbonyl (C=O) groups is 2. The highest BCUT2D eigenvalue weighted by molar-refractivity contribution is 6.08. The van der Waals surface area contributed by atoms with E-state index < -0.39 is 5.97 Å². The number of carboxylic acids is 1. The van der Waals surface area contributed by atoms with E-state index in [1.54, 1.807) is 6.20 Å². The van der Waals surface area contributed by atoms with Crippen LogP contribution in [0, 0.1) is 0 Å². The van der Waals surface area contributed by atoms with Gasteiger partial charge in [-0.05, 0) is 23.1 Å². The van der Waals surface area contributed by atoms with Crippen LogP contribution < -0.4 is 0 Å². The number of nitrogens with one attached hydrogen (secondary N) is 1. The normalized spacial score (nSPS) is 11.8. The summed E-state index contributed by atoms with van der Waals surface area (Å²) in [6.45, 7) is 6.35. The molecule has 0 aliphatic rings. The minimum absolute atomic E-state index is 0.00679. The number of H-pyrrole nitrogens is 1. The number of aromatic nitrogens is 1. The molecule has 0 saturated carbocycles. The first-order valence-corrected chi connectivity index (χ1v) is 6.65. The van der Waals surface area contributed by atoms with Crippen LogP contribution >= 0.6 is 0 Å². The molecule has 1 heterocycles. The smallest absolute Gasteiger partial charge is 0.303 e. The highest BCUT2D eigenvalue weighted by Crippen LogP contribution is 2.28. The minimum atomic E-state index is -0.950. The number of carboxylic acid groups (broad SMARTS) is 1. The number of hydrogen-bond acceptors (Lipinski definition) is 2. The molecule has 0 bridgehead atoms. The highest BCUT2D eigenvalue weighted by atomic mass is 16.4. The van der Waals surface area contributed by atoms with Crippen molar-refractivity contribution in [3.8, 4) is 0 Å². The van der Waals surface area contributed by atoms with Gasteiger partial charge in [0.2, 0.25) is 0 Å². The van der Waals surface area contributed by atoms with Gasteiger partial charge in [0.05, 0.1) is 6.42 Å². The lowest BCUT2D eigenvalue weighted by atomic mass is 9.86. The molecule has 2 aromatic rings. The maximum absolute atomic E-state index is 12.1. The van der Waals surface area contributed by atoms with Gasteiger partial charge in [-0.3, -0.25) is 9.59 Å². The molecule has 0 fully saturated rings. The van der Waals surface area contributed by atoms with Gasteiger partial charge >= 0.3 is 5.97 Å². The Kier molecular flexibility index (Phi) is 3.66. The lowest BCUT2D eigenvalue weighted by Crippen LogP contribution is -2.10. The number of carbonyl (C=O) groups excluding carboxylic acids is 1. The van der Waals surface area contributed by atoms with Gasteiger partial charge in [-0.25, -0.2) is 0 Å². The van der Waals surface area contributed by atoms with Crippen LogP contribution in [-0.2, 0) is 10.2 Å². The van der Waals surface area contributed by atoms with Gasteiger partial charge in [0.15, 0.2) is 5.78 Å². The Balaban J connectivity index is 2.39. The van der Waals surface area contributed by atoms with E-state index in [-0.39, 0.29) is 24.0 Å². The highest BCUT2D eigenvalue weighted by Gasteiger charge is 2.17. The van der Waals surface area contributed by atoms with Crippen LogP contribution in [0.1, 0.15) is 49.5 Å². The fourth-order valence-corrected chi connectivity index (χ4v) is 2.17. The van der Waals surface area contributed by atoms with E-state index in [1.165, 1.54) is 0 Å². The van der Waals surface area contributed by atoms with Crippen LogP contribution in [0.4, 0.5) is 0 Å². The number of benzene rings is 1. The van der Waals surface area contributed by atoms with Crippen molar-refractivity contribution in [2.24, 2.45) is 0 Å². The molecule has 1 aromatic carbocycles. The monoisotopic (exact) mass is 273 g/mol. The Labute approximate surface area is 117 Å². The van der Waals surface area contributed by atoms with Gasteiger partial charge in [0.25, 0.3) is 0 Å². The Hall–Kier alpha value is -2.10. The van der Waals surface area contributed by atoms with Crippen molar-refractivity contribution in [1.82, 2.24) is 4.98 Å². The molecular weight excluding hydrogens is 254 g/mol. The van der Waals surface area contributed by atoms with Crippen molar-refractivity contribution in [3.63, 3.8) is 0 Å². The maximum Gasteiger partial charge on any atom is 0.303 e. The standard InChI is InChI=1S/C16H19NO3/c1-16(2,3)10-4-5-13-11(8-10)12(9-17-13)14(18)6-7-15(19)20/h4-5,8-9,17H,6-7H2,1-3H3,(H,19,20). The summed E-state index contributed by atoms with van der Waals surface area (Å²) < 4.78 is 0. The SMILES string of the molecule is CC(C)(C)c1ccc2[nH]cc(C(=O)CCC(=O)O)c2c1. The van der Waals surface area contributed by atoms with Gasteiger partial charge in [-0.1, -0.05) is 26.8 Å². The number of hydrogen-bond donors (Lipinski definition) is 2. The second-order valence-electron chi connectivity index (χ2n) is 6.03. The summed E-state index contributed by atoms with van der Waals surface area (Å²) in [6, 6.07) is 6.02. The first-order chi connectivity index (χ1) is 9.29. The quantitative estimate of drug-likeness (QED) is 0.837. The Morgan fingerprint density at radius 2 is 1.90 bits per heavy atom. The number of aromatic amines is 1. The second kappa shape index (κ2) is 5.12. The molecule has 0 saturated heterocycles. The van der Waals surface area contributed by atoms with Gasteiger partial charge in [-0.2, -0.15) is 0 Å². The number of Topliss-reactive ketones (excluding diaryl/α,β-unsaturated/α-hetero) is 1. The first kappa shape index (κ1) is 14.3. The van der Waals surface area contributed by atoms with Crippen LogP contribution in [0.5, 0.6) is 0 Å². The summed E-state index contributed by atoms with van der Waals surface area (Å²) >= 11 is 0. The molecular formula is C16H19NO3. The topological polar surface area (TPSA) is 70.2 Å². The van der Waals surface area contributed by atoms with Crippen molar-refractivity contribution in [1.29, 1.82) is 0 Å². The third-order valence-electron chi connectivity index (χ3n) is 3.41. The Morgan fingerprint density at radius 3 is 2.50 bits per heavy atom. The average Bonchev–Trinajstić information content (AvgIpc) is 2.77. The molecule has 20 heavy (non-hydrogen) atoms. The molecule has 0 aliphatic heterocycles.